The van der Waals surface area contributed by atoms with Gasteiger partial charge < -0.3 is 0 Å². The zero-order chi connectivity index (χ0) is 14.8. The Kier molecular flexibility index (Phi) is 2.73. The first kappa shape index (κ1) is 13.3. The lowest BCUT2D eigenvalue weighted by Crippen LogP contribution is -2.39. The third-order valence-corrected chi connectivity index (χ3v) is 6.32. The van der Waals surface area contributed by atoms with Gasteiger partial charge in [0.15, 0.2) is 5.78 Å². The largest absolute Gasteiger partial charge is 0.294 e. The molecule has 0 saturated carbocycles. The normalized spacial score (nSPS) is 26.4. The van der Waals surface area contributed by atoms with Crippen molar-refractivity contribution in [3.63, 3.8) is 0 Å². The Morgan fingerprint density at radius 2 is 1.71 bits per heavy atom. The summed E-state index contributed by atoms with van der Waals surface area (Å²) in [5, 5.41) is 0. The lowest BCUT2D eigenvalue weighted by molar-refractivity contribution is 0.0795. The molecule has 0 saturated heterocycles. The molecule has 1 aromatic carbocycles. The molecule has 0 aromatic heterocycles. The molecule has 0 spiro atoms. The van der Waals surface area contributed by atoms with E-state index < -0.39 is 0 Å². The molecule has 0 amide bonds. The van der Waals surface area contributed by atoms with Crippen molar-refractivity contribution in [1.29, 1.82) is 0 Å². The smallest absolute Gasteiger partial charge is 0.167 e. The molecule has 2 bridgehead atoms. The highest BCUT2D eigenvalue weighted by molar-refractivity contribution is 6.02. The van der Waals surface area contributed by atoms with Crippen LogP contribution in [0.25, 0.3) is 0 Å². The summed E-state index contributed by atoms with van der Waals surface area (Å²) in [7, 11) is 0. The standard InChI is InChI=1S/C20H24O/c1-12-4-10-17-19(21)18-14(6-5-13-7-9-15(13)18)8-11-16(12)20(17,2)3/h5-6,17H,4,7-11H2,1-3H3. The molecule has 21 heavy (non-hydrogen) atoms. The van der Waals surface area contributed by atoms with Gasteiger partial charge in [0.1, 0.15) is 0 Å². The SMILES string of the molecule is CC1=C2CCc3ccc4c(c3C(=O)C(CC1)C2(C)C)CC4. The predicted octanol–water partition coefficient (Wildman–Crippen LogP) is 4.67. The minimum absolute atomic E-state index is 0.0452. The average molecular weight is 280 g/mol. The molecule has 3 aliphatic rings. The van der Waals surface area contributed by atoms with Crippen molar-refractivity contribution in [3.8, 4) is 0 Å². The Bertz CT molecular complexity index is 675. The van der Waals surface area contributed by atoms with Gasteiger partial charge in [-0.15, -0.1) is 0 Å². The number of carbonyl (C=O) groups is 1. The summed E-state index contributed by atoms with van der Waals surface area (Å²) in [5.74, 6) is 0.624. The van der Waals surface area contributed by atoms with E-state index in [-0.39, 0.29) is 11.3 Å². The summed E-state index contributed by atoms with van der Waals surface area (Å²) in [4.78, 5) is 13.3. The molecule has 0 N–H and O–H groups in total. The van der Waals surface area contributed by atoms with Crippen molar-refractivity contribution >= 4 is 5.78 Å². The Morgan fingerprint density at radius 1 is 1.00 bits per heavy atom. The van der Waals surface area contributed by atoms with Crippen LogP contribution >= 0.6 is 0 Å². The number of Topliss-reactive ketones (excluding diaryl/α,β-unsaturated/α-hetero) is 1. The number of rotatable bonds is 0. The lowest BCUT2D eigenvalue weighted by atomic mass is 9.60. The third-order valence-electron chi connectivity index (χ3n) is 6.32. The monoisotopic (exact) mass is 280 g/mol. The van der Waals surface area contributed by atoms with Crippen LogP contribution in [0, 0.1) is 11.3 Å². The van der Waals surface area contributed by atoms with Crippen LogP contribution in [0.15, 0.2) is 23.3 Å². The number of hydrogen-bond donors (Lipinski definition) is 0. The van der Waals surface area contributed by atoms with E-state index >= 15 is 0 Å². The molecule has 1 heteroatoms. The molecule has 1 nitrogen and oxygen atoms in total. The molecule has 0 heterocycles. The average Bonchev–Trinajstić information content (AvgIpc) is 2.38. The first-order valence-electron chi connectivity index (χ1n) is 8.37. The Morgan fingerprint density at radius 3 is 2.43 bits per heavy atom. The van der Waals surface area contributed by atoms with E-state index in [0.29, 0.717) is 5.78 Å². The van der Waals surface area contributed by atoms with Crippen LogP contribution < -0.4 is 0 Å². The molecule has 0 radical (unpaired) electrons. The summed E-state index contributed by atoms with van der Waals surface area (Å²) in [6.07, 6.45) is 6.59. The molecule has 4 rings (SSSR count). The van der Waals surface area contributed by atoms with E-state index in [1.807, 2.05) is 0 Å². The van der Waals surface area contributed by atoms with Crippen LogP contribution in [0.2, 0.25) is 0 Å². The number of ketones is 1. The molecule has 1 atom stereocenters. The molecular formula is C20H24O. The number of benzene rings is 1. The fraction of sp³-hybridized carbons (Fsp3) is 0.550. The summed E-state index contributed by atoms with van der Waals surface area (Å²) in [5.41, 5.74) is 8.37. The summed E-state index contributed by atoms with van der Waals surface area (Å²) < 4.78 is 0. The number of carbonyl (C=O) groups excluding carboxylic acids is 1. The number of aryl methyl sites for hydroxylation is 2. The molecule has 110 valence electrons. The fourth-order valence-electron chi connectivity index (χ4n) is 4.92. The number of allylic oxidation sites excluding steroid dienone is 2. The molecule has 0 aliphatic heterocycles. The maximum Gasteiger partial charge on any atom is 0.167 e. The second-order valence-corrected chi connectivity index (χ2v) is 7.67. The van der Waals surface area contributed by atoms with Crippen LogP contribution in [-0.2, 0) is 19.3 Å². The van der Waals surface area contributed by atoms with Gasteiger partial charge in [0.05, 0.1) is 0 Å². The molecule has 1 aromatic rings. The summed E-state index contributed by atoms with van der Waals surface area (Å²) in [6.45, 7) is 6.87. The van der Waals surface area contributed by atoms with Crippen LogP contribution in [0.5, 0.6) is 0 Å². The quantitative estimate of drug-likeness (QED) is 0.631. The van der Waals surface area contributed by atoms with Gasteiger partial charge in [0, 0.05) is 11.5 Å². The Hall–Kier alpha value is -1.37. The van der Waals surface area contributed by atoms with Gasteiger partial charge in [-0.2, -0.15) is 0 Å². The van der Waals surface area contributed by atoms with E-state index in [0.717, 1.165) is 44.1 Å². The maximum absolute atomic E-state index is 13.3. The summed E-state index contributed by atoms with van der Waals surface area (Å²) >= 11 is 0. The van der Waals surface area contributed by atoms with Crippen molar-refractivity contribution in [2.75, 3.05) is 0 Å². The third kappa shape index (κ3) is 1.73. The first-order valence-corrected chi connectivity index (χ1v) is 8.37. The van der Waals surface area contributed by atoms with Crippen LogP contribution in [-0.4, -0.2) is 5.78 Å². The highest BCUT2D eigenvalue weighted by Gasteiger charge is 2.44. The van der Waals surface area contributed by atoms with Crippen LogP contribution in [0.4, 0.5) is 0 Å². The maximum atomic E-state index is 13.3. The van der Waals surface area contributed by atoms with Crippen molar-refractivity contribution < 1.29 is 4.79 Å². The van der Waals surface area contributed by atoms with Crippen LogP contribution in [0.1, 0.15) is 67.1 Å². The van der Waals surface area contributed by atoms with Gasteiger partial charge >= 0.3 is 0 Å². The minimum atomic E-state index is 0.0452. The Balaban J connectivity index is 1.92. The van der Waals surface area contributed by atoms with Crippen molar-refractivity contribution in [3.05, 3.63) is 45.5 Å². The highest BCUT2D eigenvalue weighted by atomic mass is 16.1. The fourth-order valence-corrected chi connectivity index (χ4v) is 4.92. The minimum Gasteiger partial charge on any atom is -0.294 e. The van der Waals surface area contributed by atoms with E-state index in [1.165, 1.54) is 22.3 Å². The zero-order valence-electron chi connectivity index (χ0n) is 13.4. The Labute approximate surface area is 127 Å². The second-order valence-electron chi connectivity index (χ2n) is 7.67. The van der Waals surface area contributed by atoms with Crippen LogP contribution in [0.3, 0.4) is 0 Å². The van der Waals surface area contributed by atoms with Gasteiger partial charge in [-0.25, -0.2) is 0 Å². The van der Waals surface area contributed by atoms with E-state index in [9.17, 15) is 4.79 Å². The number of fused-ring (bicyclic) bond motifs is 5. The van der Waals surface area contributed by atoms with Gasteiger partial charge in [-0.3, -0.25) is 4.79 Å². The van der Waals surface area contributed by atoms with E-state index in [2.05, 4.69) is 32.9 Å². The predicted molar refractivity (Wildman–Crippen MR) is 85.7 cm³/mol. The zero-order valence-corrected chi connectivity index (χ0v) is 13.4. The van der Waals surface area contributed by atoms with E-state index in [4.69, 9.17) is 0 Å². The van der Waals surface area contributed by atoms with E-state index in [1.54, 1.807) is 5.57 Å². The van der Waals surface area contributed by atoms with Gasteiger partial charge in [-0.05, 0) is 67.6 Å². The molecular weight excluding hydrogens is 256 g/mol. The molecule has 1 unspecified atom stereocenters. The van der Waals surface area contributed by atoms with Gasteiger partial charge in [-0.1, -0.05) is 37.1 Å². The number of hydrogen-bond acceptors (Lipinski definition) is 1. The van der Waals surface area contributed by atoms with Crippen molar-refractivity contribution in [2.24, 2.45) is 11.3 Å². The summed E-state index contributed by atoms with van der Waals surface area (Å²) in [6, 6.07) is 4.49. The topological polar surface area (TPSA) is 17.1 Å². The second kappa shape index (κ2) is 4.32. The van der Waals surface area contributed by atoms with Crippen molar-refractivity contribution in [1.82, 2.24) is 0 Å². The lowest BCUT2D eigenvalue weighted by Gasteiger charge is -2.43. The van der Waals surface area contributed by atoms with Gasteiger partial charge in [0.2, 0.25) is 0 Å². The van der Waals surface area contributed by atoms with Gasteiger partial charge in [0.25, 0.3) is 0 Å². The first-order chi connectivity index (χ1) is 10.00. The molecule has 0 fully saturated rings. The molecule has 3 aliphatic carbocycles. The highest BCUT2D eigenvalue weighted by Crippen LogP contribution is 2.50. The van der Waals surface area contributed by atoms with Crippen molar-refractivity contribution in [2.45, 2.75) is 59.3 Å².